The van der Waals surface area contributed by atoms with Crippen molar-refractivity contribution in [1.29, 1.82) is 0 Å². The van der Waals surface area contributed by atoms with Gasteiger partial charge < -0.3 is 4.74 Å². The van der Waals surface area contributed by atoms with Crippen LogP contribution in [0.15, 0.2) is 72.8 Å². The lowest BCUT2D eigenvalue weighted by Crippen LogP contribution is -2.16. The third-order valence-electron chi connectivity index (χ3n) is 5.83. The number of fused-ring (bicyclic) bond motifs is 1. The molecule has 150 valence electrons. The summed E-state index contributed by atoms with van der Waals surface area (Å²) in [5.41, 5.74) is 7.00. The van der Waals surface area contributed by atoms with Crippen LogP contribution in [0.1, 0.15) is 43.4 Å². The number of hydrogen-bond donors (Lipinski definition) is 0. The van der Waals surface area contributed by atoms with Crippen molar-refractivity contribution in [2.24, 2.45) is 5.92 Å². The Kier molecular flexibility index (Phi) is 6.30. The molecule has 3 aromatic rings. The molecule has 29 heavy (non-hydrogen) atoms. The Morgan fingerprint density at radius 1 is 0.931 bits per heavy atom. The molecule has 0 heterocycles. The zero-order valence-electron chi connectivity index (χ0n) is 17.6. The summed E-state index contributed by atoms with van der Waals surface area (Å²) in [6, 6.07) is 26.4. The van der Waals surface area contributed by atoms with Crippen molar-refractivity contribution >= 4 is 11.8 Å². The van der Waals surface area contributed by atoms with Gasteiger partial charge in [0.25, 0.3) is 0 Å². The Morgan fingerprint density at radius 2 is 1.72 bits per heavy atom. The molecule has 1 aliphatic carbocycles. The van der Waals surface area contributed by atoms with E-state index >= 15 is 0 Å². The number of hydrogen-bond acceptors (Lipinski definition) is 2. The Labute approximate surface area is 179 Å². The third-order valence-corrected chi connectivity index (χ3v) is 7.21. The zero-order valence-corrected chi connectivity index (χ0v) is 18.4. The van der Waals surface area contributed by atoms with Crippen LogP contribution in [0.5, 0.6) is 5.75 Å². The third kappa shape index (κ3) is 4.53. The van der Waals surface area contributed by atoms with Gasteiger partial charge in [0, 0.05) is 11.0 Å². The number of benzene rings is 3. The van der Waals surface area contributed by atoms with Gasteiger partial charge in [-0.2, -0.15) is 11.8 Å². The summed E-state index contributed by atoms with van der Waals surface area (Å²) in [6.07, 6.45) is 1.16. The van der Waals surface area contributed by atoms with Gasteiger partial charge in [0.15, 0.2) is 0 Å². The molecule has 0 amide bonds. The van der Waals surface area contributed by atoms with Crippen LogP contribution >= 0.6 is 11.8 Å². The van der Waals surface area contributed by atoms with E-state index in [0.717, 1.165) is 24.5 Å². The minimum Gasteiger partial charge on any atom is -0.494 e. The van der Waals surface area contributed by atoms with Crippen LogP contribution in [0, 0.1) is 5.92 Å². The van der Waals surface area contributed by atoms with Gasteiger partial charge in [-0.3, -0.25) is 0 Å². The first kappa shape index (κ1) is 20.1. The molecule has 0 N–H and O–H groups in total. The van der Waals surface area contributed by atoms with Crippen molar-refractivity contribution < 1.29 is 4.74 Å². The van der Waals surface area contributed by atoms with Gasteiger partial charge in [-0.25, -0.2) is 0 Å². The van der Waals surface area contributed by atoms with Gasteiger partial charge in [-0.1, -0.05) is 74.5 Å². The van der Waals surface area contributed by atoms with Crippen LogP contribution in [-0.4, -0.2) is 11.9 Å². The molecule has 3 aromatic carbocycles. The van der Waals surface area contributed by atoms with Crippen LogP contribution in [0.3, 0.4) is 0 Å². The predicted octanol–water partition coefficient (Wildman–Crippen LogP) is 7.35. The largest absolute Gasteiger partial charge is 0.494 e. The fourth-order valence-electron chi connectivity index (χ4n) is 4.50. The first-order chi connectivity index (χ1) is 14.2. The molecule has 1 nitrogen and oxygen atoms in total. The van der Waals surface area contributed by atoms with Crippen LogP contribution in [0.4, 0.5) is 0 Å². The maximum Gasteiger partial charge on any atom is 0.119 e. The summed E-state index contributed by atoms with van der Waals surface area (Å²) >= 11 is 2.11. The second-order valence-electron chi connectivity index (χ2n) is 8.18. The standard InChI is InChI=1S/C27H30OS/c1-4-28-24-14-13-23-16-26(27(19(2)3)25(23)17-24)29-18-20-9-8-12-22(15-20)21-10-6-5-7-11-21/h5-15,17,19,26-27H,4,16,18H2,1-3H3. The first-order valence-electron chi connectivity index (χ1n) is 10.7. The molecule has 0 fully saturated rings. The van der Waals surface area contributed by atoms with E-state index in [-0.39, 0.29) is 0 Å². The van der Waals surface area contributed by atoms with Gasteiger partial charge >= 0.3 is 0 Å². The normalized spacial score (nSPS) is 18.1. The molecule has 2 heteroatoms. The second-order valence-corrected chi connectivity index (χ2v) is 9.41. The fraction of sp³-hybridized carbons (Fsp3) is 0.333. The zero-order chi connectivity index (χ0) is 20.2. The van der Waals surface area contributed by atoms with Crippen molar-refractivity contribution in [3.05, 3.63) is 89.5 Å². The molecule has 0 aliphatic heterocycles. The van der Waals surface area contributed by atoms with Crippen molar-refractivity contribution in [1.82, 2.24) is 0 Å². The molecule has 0 aromatic heterocycles. The summed E-state index contributed by atoms with van der Waals surface area (Å²) in [4.78, 5) is 0. The lowest BCUT2D eigenvalue weighted by molar-refractivity contribution is 0.339. The molecule has 2 unspecified atom stereocenters. The summed E-state index contributed by atoms with van der Waals surface area (Å²) in [6.45, 7) is 7.49. The predicted molar refractivity (Wildman–Crippen MR) is 126 cm³/mol. The van der Waals surface area contributed by atoms with E-state index in [1.165, 1.54) is 27.8 Å². The van der Waals surface area contributed by atoms with E-state index in [0.29, 0.717) is 17.1 Å². The van der Waals surface area contributed by atoms with Crippen LogP contribution in [-0.2, 0) is 12.2 Å². The molecule has 1 aliphatic rings. The topological polar surface area (TPSA) is 9.23 Å². The molecule has 0 saturated carbocycles. The summed E-state index contributed by atoms with van der Waals surface area (Å²) in [7, 11) is 0. The summed E-state index contributed by atoms with van der Waals surface area (Å²) in [5.74, 6) is 3.29. The maximum absolute atomic E-state index is 5.77. The van der Waals surface area contributed by atoms with Crippen molar-refractivity contribution in [2.75, 3.05) is 6.61 Å². The fourth-order valence-corrected chi connectivity index (χ4v) is 6.05. The smallest absolute Gasteiger partial charge is 0.119 e. The van der Waals surface area contributed by atoms with E-state index in [1.807, 2.05) is 0 Å². The van der Waals surface area contributed by atoms with Gasteiger partial charge in [-0.15, -0.1) is 0 Å². The summed E-state index contributed by atoms with van der Waals surface area (Å²) in [5, 5.41) is 0.627. The molecule has 0 bridgehead atoms. The van der Waals surface area contributed by atoms with Crippen LogP contribution in [0.25, 0.3) is 11.1 Å². The van der Waals surface area contributed by atoms with Gasteiger partial charge in [0.05, 0.1) is 6.61 Å². The van der Waals surface area contributed by atoms with Crippen LogP contribution < -0.4 is 4.74 Å². The molecular weight excluding hydrogens is 372 g/mol. The summed E-state index contributed by atoms with van der Waals surface area (Å²) < 4.78 is 5.77. The minimum atomic E-state index is 0.590. The second kappa shape index (κ2) is 9.09. The Hall–Kier alpha value is -2.19. The quantitative estimate of drug-likeness (QED) is 0.408. The lowest BCUT2D eigenvalue weighted by atomic mass is 9.90. The lowest BCUT2D eigenvalue weighted by Gasteiger charge is -2.24. The highest BCUT2D eigenvalue weighted by Crippen LogP contribution is 2.46. The number of ether oxygens (including phenoxy) is 1. The van der Waals surface area contributed by atoms with Crippen molar-refractivity contribution in [2.45, 2.75) is 44.1 Å². The highest BCUT2D eigenvalue weighted by Gasteiger charge is 2.35. The molecule has 0 saturated heterocycles. The Bertz CT molecular complexity index is 948. The average Bonchev–Trinajstić information content (AvgIpc) is 3.11. The Morgan fingerprint density at radius 3 is 2.48 bits per heavy atom. The Balaban J connectivity index is 1.50. The molecule has 0 radical (unpaired) electrons. The van der Waals surface area contributed by atoms with Gasteiger partial charge in [-0.05, 0) is 65.1 Å². The molecule has 0 spiro atoms. The number of rotatable bonds is 7. The number of thioether (sulfide) groups is 1. The highest BCUT2D eigenvalue weighted by atomic mass is 32.2. The van der Waals surface area contributed by atoms with Crippen molar-refractivity contribution in [3.63, 3.8) is 0 Å². The highest BCUT2D eigenvalue weighted by molar-refractivity contribution is 7.99. The molecular formula is C27H30OS. The molecule has 4 rings (SSSR count). The van der Waals surface area contributed by atoms with E-state index in [9.17, 15) is 0 Å². The van der Waals surface area contributed by atoms with Gasteiger partial charge in [0.1, 0.15) is 5.75 Å². The molecule has 2 atom stereocenters. The van der Waals surface area contributed by atoms with E-state index < -0.39 is 0 Å². The monoisotopic (exact) mass is 402 g/mol. The van der Waals surface area contributed by atoms with Crippen molar-refractivity contribution in [3.8, 4) is 16.9 Å². The maximum atomic E-state index is 5.77. The first-order valence-corrected chi connectivity index (χ1v) is 11.7. The van der Waals surface area contributed by atoms with Crippen LogP contribution in [0.2, 0.25) is 0 Å². The SMILES string of the molecule is CCOc1ccc2c(c1)C(C(C)C)C(SCc1cccc(-c3ccccc3)c1)C2. The van der Waals surface area contributed by atoms with E-state index in [2.05, 4.69) is 105 Å². The van der Waals surface area contributed by atoms with Gasteiger partial charge in [0.2, 0.25) is 0 Å². The average molecular weight is 403 g/mol. The minimum absolute atomic E-state index is 0.590. The van der Waals surface area contributed by atoms with E-state index in [1.54, 1.807) is 0 Å². The van der Waals surface area contributed by atoms with E-state index in [4.69, 9.17) is 4.74 Å².